The number of hydrogen-bond acceptors (Lipinski definition) is 3. The van der Waals surface area contributed by atoms with Crippen LogP contribution in [0, 0.1) is 0 Å². The number of rotatable bonds is 2. The van der Waals surface area contributed by atoms with Crippen molar-refractivity contribution < 1.29 is 0 Å². The topological polar surface area (TPSA) is 32.5 Å². The Labute approximate surface area is 80.9 Å². The van der Waals surface area contributed by atoms with E-state index in [0.717, 1.165) is 6.42 Å². The number of nitrogens with two attached hydrogens (primary N) is 1. The summed E-state index contributed by atoms with van der Waals surface area (Å²) < 4.78 is 0. The number of hydrogen-bond donors (Lipinski definition) is 1. The van der Waals surface area contributed by atoms with E-state index in [0.29, 0.717) is 12.1 Å². The first-order valence-corrected chi connectivity index (χ1v) is 5.53. The Hall–Kier alpha value is -0.120. The van der Waals surface area contributed by atoms with Crippen LogP contribution in [0.15, 0.2) is 0 Å². The molecule has 3 heteroatoms. The van der Waals surface area contributed by atoms with Crippen LogP contribution in [0.5, 0.6) is 0 Å². The first-order chi connectivity index (χ1) is 6.31. The molecule has 76 valence electrons. The van der Waals surface area contributed by atoms with Crippen LogP contribution in [0.25, 0.3) is 0 Å². The van der Waals surface area contributed by atoms with Crippen LogP contribution < -0.4 is 5.73 Å². The normalized spacial score (nSPS) is 41.5. The van der Waals surface area contributed by atoms with Gasteiger partial charge in [-0.05, 0) is 25.9 Å². The molecule has 0 aliphatic carbocycles. The summed E-state index contributed by atoms with van der Waals surface area (Å²) in [5, 5.41) is 0. The molecule has 0 saturated carbocycles. The van der Waals surface area contributed by atoms with Crippen molar-refractivity contribution in [1.82, 2.24) is 9.80 Å². The van der Waals surface area contributed by atoms with Gasteiger partial charge in [0.05, 0.1) is 0 Å². The standard InChI is InChI=1S/C10H21N3/c1-2-9(11)10-8-12-4-3-5-13(10)7-6-12/h9-10H,2-8,11H2,1H3/t9-,10?/m1/s1. The average Bonchev–Trinajstić information content (AvgIpc) is 2.50. The zero-order valence-corrected chi connectivity index (χ0v) is 8.58. The molecule has 3 unspecified atom stereocenters. The Morgan fingerprint density at radius 3 is 2.92 bits per heavy atom. The molecule has 3 aliphatic heterocycles. The van der Waals surface area contributed by atoms with Crippen molar-refractivity contribution in [3.05, 3.63) is 0 Å². The van der Waals surface area contributed by atoms with Crippen molar-refractivity contribution in [2.24, 2.45) is 5.73 Å². The van der Waals surface area contributed by atoms with E-state index in [-0.39, 0.29) is 0 Å². The lowest BCUT2D eigenvalue weighted by molar-refractivity contribution is 0.0957. The van der Waals surface area contributed by atoms with E-state index < -0.39 is 0 Å². The van der Waals surface area contributed by atoms with Crippen LogP contribution in [0.1, 0.15) is 19.8 Å². The Morgan fingerprint density at radius 2 is 2.15 bits per heavy atom. The Kier molecular flexibility index (Phi) is 2.86. The van der Waals surface area contributed by atoms with Gasteiger partial charge in [-0.2, -0.15) is 0 Å². The van der Waals surface area contributed by atoms with E-state index in [4.69, 9.17) is 5.73 Å². The Bertz CT molecular complexity index is 168. The minimum Gasteiger partial charge on any atom is -0.326 e. The summed E-state index contributed by atoms with van der Waals surface area (Å²) in [7, 11) is 0. The van der Waals surface area contributed by atoms with Gasteiger partial charge in [0.25, 0.3) is 0 Å². The molecule has 0 aromatic rings. The molecule has 2 bridgehead atoms. The monoisotopic (exact) mass is 183 g/mol. The van der Waals surface area contributed by atoms with Gasteiger partial charge in [0, 0.05) is 31.7 Å². The summed E-state index contributed by atoms with van der Waals surface area (Å²) in [5.74, 6) is 0. The van der Waals surface area contributed by atoms with Crippen LogP contribution in [-0.4, -0.2) is 54.6 Å². The third-order valence-electron chi connectivity index (χ3n) is 3.50. The van der Waals surface area contributed by atoms with Crippen LogP contribution in [0.4, 0.5) is 0 Å². The molecule has 0 radical (unpaired) electrons. The third-order valence-corrected chi connectivity index (χ3v) is 3.50. The quantitative estimate of drug-likeness (QED) is 0.660. The van der Waals surface area contributed by atoms with Crippen molar-refractivity contribution in [1.29, 1.82) is 0 Å². The SMILES string of the molecule is CC[C@@H](N)C1CN2CCCN1CC2. The predicted molar refractivity (Wildman–Crippen MR) is 54.7 cm³/mol. The zero-order valence-electron chi connectivity index (χ0n) is 8.58. The summed E-state index contributed by atoms with van der Waals surface area (Å²) in [6.45, 7) is 8.43. The fraction of sp³-hybridized carbons (Fsp3) is 1.00. The highest BCUT2D eigenvalue weighted by atomic mass is 15.3. The van der Waals surface area contributed by atoms with Crippen LogP contribution >= 0.6 is 0 Å². The maximum absolute atomic E-state index is 6.14. The molecule has 3 aliphatic rings. The molecule has 2 N–H and O–H groups in total. The maximum atomic E-state index is 6.14. The second-order valence-electron chi connectivity index (χ2n) is 4.33. The zero-order chi connectivity index (χ0) is 9.26. The van der Waals surface area contributed by atoms with Crippen molar-refractivity contribution in [2.75, 3.05) is 32.7 Å². The van der Waals surface area contributed by atoms with Crippen molar-refractivity contribution in [3.63, 3.8) is 0 Å². The van der Waals surface area contributed by atoms with Crippen molar-refractivity contribution >= 4 is 0 Å². The van der Waals surface area contributed by atoms with E-state index in [1.807, 2.05) is 0 Å². The van der Waals surface area contributed by atoms with E-state index in [1.54, 1.807) is 0 Å². The van der Waals surface area contributed by atoms with Crippen molar-refractivity contribution in [2.45, 2.75) is 31.8 Å². The van der Waals surface area contributed by atoms with E-state index in [1.165, 1.54) is 39.1 Å². The minimum absolute atomic E-state index is 0.376. The molecular formula is C10H21N3. The first kappa shape index (κ1) is 9.44. The summed E-state index contributed by atoms with van der Waals surface area (Å²) in [6, 6.07) is 1.00. The Balaban J connectivity index is 2.03. The number of piperazine rings is 1. The molecule has 0 spiro atoms. The molecule has 13 heavy (non-hydrogen) atoms. The van der Waals surface area contributed by atoms with Gasteiger partial charge in [0.15, 0.2) is 0 Å². The van der Waals surface area contributed by atoms with Gasteiger partial charge in [-0.1, -0.05) is 6.92 Å². The molecule has 3 heterocycles. The highest BCUT2D eigenvalue weighted by Crippen LogP contribution is 2.18. The highest BCUT2D eigenvalue weighted by molar-refractivity contribution is 4.91. The van der Waals surface area contributed by atoms with Gasteiger partial charge >= 0.3 is 0 Å². The lowest BCUT2D eigenvalue weighted by Gasteiger charge is -2.40. The summed E-state index contributed by atoms with van der Waals surface area (Å²) in [6.07, 6.45) is 2.43. The second kappa shape index (κ2) is 3.95. The summed E-state index contributed by atoms with van der Waals surface area (Å²) >= 11 is 0. The lowest BCUT2D eigenvalue weighted by Crippen LogP contribution is -2.57. The average molecular weight is 183 g/mol. The highest BCUT2D eigenvalue weighted by Gasteiger charge is 2.32. The van der Waals surface area contributed by atoms with Crippen molar-refractivity contribution in [3.8, 4) is 0 Å². The second-order valence-corrected chi connectivity index (χ2v) is 4.33. The fourth-order valence-corrected chi connectivity index (χ4v) is 2.56. The lowest BCUT2D eigenvalue weighted by atomic mass is 10.0. The molecular weight excluding hydrogens is 162 g/mol. The predicted octanol–water partition coefficient (Wildman–Crippen LogP) is 0.114. The third kappa shape index (κ3) is 1.87. The van der Waals surface area contributed by atoms with Gasteiger partial charge in [0.1, 0.15) is 0 Å². The largest absolute Gasteiger partial charge is 0.326 e. The smallest absolute Gasteiger partial charge is 0.0374 e. The van der Waals surface area contributed by atoms with E-state index >= 15 is 0 Å². The van der Waals surface area contributed by atoms with Crippen LogP contribution in [0.2, 0.25) is 0 Å². The van der Waals surface area contributed by atoms with Gasteiger partial charge in [0.2, 0.25) is 0 Å². The Morgan fingerprint density at radius 1 is 1.31 bits per heavy atom. The maximum Gasteiger partial charge on any atom is 0.0374 e. The number of fused-ring (bicyclic) bond motifs is 4. The molecule has 3 nitrogen and oxygen atoms in total. The molecule has 3 fully saturated rings. The fourth-order valence-electron chi connectivity index (χ4n) is 2.56. The molecule has 3 rings (SSSR count). The first-order valence-electron chi connectivity index (χ1n) is 5.53. The summed E-state index contributed by atoms with van der Waals surface area (Å²) in [5.41, 5.74) is 6.14. The molecule has 0 amide bonds. The molecule has 4 atom stereocenters. The van der Waals surface area contributed by atoms with E-state index in [9.17, 15) is 0 Å². The molecule has 0 aromatic carbocycles. The van der Waals surface area contributed by atoms with Gasteiger partial charge in [-0.15, -0.1) is 0 Å². The minimum atomic E-state index is 0.376. The summed E-state index contributed by atoms with van der Waals surface area (Å²) in [4.78, 5) is 5.17. The molecule has 3 saturated heterocycles. The van der Waals surface area contributed by atoms with Crippen LogP contribution in [0.3, 0.4) is 0 Å². The van der Waals surface area contributed by atoms with Gasteiger partial charge in [-0.3, -0.25) is 4.90 Å². The van der Waals surface area contributed by atoms with Gasteiger partial charge < -0.3 is 10.6 Å². The van der Waals surface area contributed by atoms with Crippen LogP contribution in [-0.2, 0) is 0 Å². The molecule has 0 aromatic heterocycles. The van der Waals surface area contributed by atoms with E-state index in [2.05, 4.69) is 16.7 Å². The number of nitrogens with zero attached hydrogens (tertiary/aromatic N) is 2. The van der Waals surface area contributed by atoms with Gasteiger partial charge in [-0.25, -0.2) is 0 Å².